The highest BCUT2D eigenvalue weighted by atomic mass is 16.7. The Kier molecular flexibility index (Phi) is 5.24. The second kappa shape index (κ2) is 7.14. The van der Waals surface area contributed by atoms with Crippen LogP contribution in [0.25, 0.3) is 0 Å². The summed E-state index contributed by atoms with van der Waals surface area (Å²) in [5, 5.41) is 3.17. The number of hydrogen-bond acceptors (Lipinski definition) is 4. The number of carbonyl (C=O) groups excluding carboxylic acids is 1. The van der Waals surface area contributed by atoms with Gasteiger partial charge < -0.3 is 19.7 Å². The van der Waals surface area contributed by atoms with E-state index in [2.05, 4.69) is 5.32 Å². The number of ether oxygens (including phenoxy) is 2. The molecular weight excluding hydrogens is 256 g/mol. The molecule has 1 aliphatic heterocycles. The van der Waals surface area contributed by atoms with E-state index in [1.165, 1.54) is 0 Å². The molecule has 0 bridgehead atoms. The minimum absolute atomic E-state index is 0.172. The molecule has 1 amide bonds. The fourth-order valence-electron chi connectivity index (χ4n) is 2.17. The molecule has 1 heterocycles. The van der Waals surface area contributed by atoms with Crippen LogP contribution in [0.15, 0.2) is 18.2 Å². The normalized spacial score (nSPS) is 12.5. The summed E-state index contributed by atoms with van der Waals surface area (Å²) in [7, 11) is 0. The molecule has 1 aliphatic rings. The lowest BCUT2D eigenvalue weighted by molar-refractivity contribution is -0.131. The van der Waals surface area contributed by atoms with Crippen LogP contribution in [0.3, 0.4) is 0 Å². The molecule has 1 N–H and O–H groups in total. The lowest BCUT2D eigenvalue weighted by atomic mass is 10.2. The van der Waals surface area contributed by atoms with Gasteiger partial charge in [-0.1, -0.05) is 13.0 Å². The fourth-order valence-corrected chi connectivity index (χ4v) is 2.17. The minimum Gasteiger partial charge on any atom is -0.454 e. The van der Waals surface area contributed by atoms with Gasteiger partial charge in [0.05, 0.1) is 0 Å². The number of nitrogens with zero attached hydrogens (tertiary/aromatic N) is 1. The Morgan fingerprint density at radius 1 is 1.30 bits per heavy atom. The summed E-state index contributed by atoms with van der Waals surface area (Å²) < 4.78 is 10.6. The topological polar surface area (TPSA) is 50.8 Å². The van der Waals surface area contributed by atoms with Crippen molar-refractivity contribution in [3.8, 4) is 11.5 Å². The van der Waals surface area contributed by atoms with E-state index in [1.54, 1.807) is 0 Å². The van der Waals surface area contributed by atoms with E-state index in [0.717, 1.165) is 30.2 Å². The first-order valence-corrected chi connectivity index (χ1v) is 7.11. The summed E-state index contributed by atoms with van der Waals surface area (Å²) in [5.74, 6) is 1.71. The van der Waals surface area contributed by atoms with E-state index < -0.39 is 0 Å². The second-order valence-electron chi connectivity index (χ2n) is 4.70. The van der Waals surface area contributed by atoms with Crippen molar-refractivity contribution < 1.29 is 14.3 Å². The van der Waals surface area contributed by atoms with Crippen LogP contribution < -0.4 is 14.8 Å². The summed E-state index contributed by atoms with van der Waals surface area (Å²) in [6, 6.07) is 5.82. The average molecular weight is 278 g/mol. The van der Waals surface area contributed by atoms with Crippen molar-refractivity contribution in [3.05, 3.63) is 23.8 Å². The predicted molar refractivity (Wildman–Crippen MR) is 76.8 cm³/mol. The third kappa shape index (κ3) is 3.63. The van der Waals surface area contributed by atoms with E-state index in [9.17, 15) is 4.79 Å². The van der Waals surface area contributed by atoms with Crippen LogP contribution in [0.5, 0.6) is 11.5 Å². The molecule has 1 aromatic rings. The first-order valence-electron chi connectivity index (χ1n) is 7.11. The van der Waals surface area contributed by atoms with Gasteiger partial charge in [0.25, 0.3) is 0 Å². The number of fused-ring (bicyclic) bond motifs is 1. The molecule has 0 radical (unpaired) electrons. The maximum Gasteiger partial charge on any atom is 0.231 e. The molecule has 0 fully saturated rings. The summed E-state index contributed by atoms with van der Waals surface area (Å²) >= 11 is 0. The summed E-state index contributed by atoms with van der Waals surface area (Å²) in [5.41, 5.74) is 1.06. The molecule has 5 nitrogen and oxygen atoms in total. The zero-order chi connectivity index (χ0) is 14.4. The van der Waals surface area contributed by atoms with Crippen LogP contribution in [-0.4, -0.2) is 37.2 Å². The molecule has 20 heavy (non-hydrogen) atoms. The van der Waals surface area contributed by atoms with Gasteiger partial charge in [-0.25, -0.2) is 0 Å². The number of nitrogens with one attached hydrogen (secondary N) is 1. The Balaban J connectivity index is 1.94. The van der Waals surface area contributed by atoms with E-state index in [4.69, 9.17) is 9.47 Å². The van der Waals surface area contributed by atoms with Crippen LogP contribution in [0.4, 0.5) is 0 Å². The number of rotatable bonds is 7. The third-order valence-electron chi connectivity index (χ3n) is 3.31. The second-order valence-corrected chi connectivity index (χ2v) is 4.70. The first kappa shape index (κ1) is 14.7. The number of carbonyl (C=O) groups is 1. The van der Waals surface area contributed by atoms with Crippen LogP contribution in [0.1, 0.15) is 25.8 Å². The van der Waals surface area contributed by atoms with Gasteiger partial charge >= 0.3 is 0 Å². The molecular formula is C15H22N2O3. The van der Waals surface area contributed by atoms with Crippen molar-refractivity contribution in [1.29, 1.82) is 0 Å². The number of benzene rings is 1. The molecule has 0 aromatic heterocycles. The third-order valence-corrected chi connectivity index (χ3v) is 3.31. The largest absolute Gasteiger partial charge is 0.454 e. The first-order chi connectivity index (χ1) is 9.74. The van der Waals surface area contributed by atoms with E-state index in [1.807, 2.05) is 36.9 Å². The Labute approximate surface area is 119 Å². The van der Waals surface area contributed by atoms with Gasteiger partial charge in [0.15, 0.2) is 11.5 Å². The molecule has 0 unspecified atom stereocenters. The lowest BCUT2D eigenvalue weighted by Crippen LogP contribution is -2.32. The maximum atomic E-state index is 12.1. The monoisotopic (exact) mass is 278 g/mol. The van der Waals surface area contributed by atoms with E-state index in [-0.39, 0.29) is 12.7 Å². The molecule has 0 spiro atoms. The van der Waals surface area contributed by atoms with Gasteiger partial charge in [0.1, 0.15) is 0 Å². The fraction of sp³-hybridized carbons (Fsp3) is 0.533. The van der Waals surface area contributed by atoms with Crippen LogP contribution in [0.2, 0.25) is 0 Å². The van der Waals surface area contributed by atoms with Gasteiger partial charge in [-0.15, -0.1) is 0 Å². The van der Waals surface area contributed by atoms with Crippen LogP contribution >= 0.6 is 0 Å². The van der Waals surface area contributed by atoms with Crippen LogP contribution in [-0.2, 0) is 11.3 Å². The van der Waals surface area contributed by atoms with Crippen molar-refractivity contribution in [2.24, 2.45) is 0 Å². The molecule has 0 saturated carbocycles. The molecule has 5 heteroatoms. The molecule has 0 aliphatic carbocycles. The summed E-state index contributed by atoms with van der Waals surface area (Å²) in [6.07, 6.45) is 0.534. The maximum absolute atomic E-state index is 12.1. The Bertz CT molecular complexity index is 462. The summed E-state index contributed by atoms with van der Waals surface area (Å²) in [6.45, 7) is 7.25. The van der Waals surface area contributed by atoms with Crippen molar-refractivity contribution in [3.63, 3.8) is 0 Å². The number of hydrogen-bond donors (Lipinski definition) is 1. The van der Waals surface area contributed by atoms with Crippen molar-refractivity contribution in [2.75, 3.05) is 26.4 Å². The van der Waals surface area contributed by atoms with Crippen molar-refractivity contribution in [1.82, 2.24) is 10.2 Å². The molecule has 110 valence electrons. The minimum atomic E-state index is 0.172. The summed E-state index contributed by atoms with van der Waals surface area (Å²) in [4.78, 5) is 14.0. The highest BCUT2D eigenvalue weighted by Gasteiger charge is 2.16. The molecule has 0 atom stereocenters. The molecule has 1 aromatic carbocycles. The quantitative estimate of drug-likeness (QED) is 0.772. The average Bonchev–Trinajstić information content (AvgIpc) is 2.92. The van der Waals surface area contributed by atoms with Gasteiger partial charge in [0, 0.05) is 26.1 Å². The van der Waals surface area contributed by atoms with E-state index >= 15 is 0 Å². The SMILES string of the molecule is CCNCCC(=O)N(CC)Cc1ccc2c(c1)OCO2. The van der Waals surface area contributed by atoms with Gasteiger partial charge in [-0.3, -0.25) is 4.79 Å². The highest BCUT2D eigenvalue weighted by molar-refractivity contribution is 5.76. The van der Waals surface area contributed by atoms with Crippen LogP contribution in [0, 0.1) is 0 Å². The Morgan fingerprint density at radius 3 is 2.85 bits per heavy atom. The van der Waals surface area contributed by atoms with Gasteiger partial charge in [-0.05, 0) is 31.2 Å². The standard InChI is InChI=1S/C15H22N2O3/c1-3-16-8-7-15(18)17(4-2)10-12-5-6-13-14(9-12)20-11-19-13/h5-6,9,16H,3-4,7-8,10-11H2,1-2H3. The smallest absolute Gasteiger partial charge is 0.231 e. The zero-order valence-corrected chi connectivity index (χ0v) is 12.1. The van der Waals surface area contributed by atoms with Crippen molar-refractivity contribution in [2.45, 2.75) is 26.8 Å². The van der Waals surface area contributed by atoms with Gasteiger partial charge in [-0.2, -0.15) is 0 Å². The molecule has 2 rings (SSSR count). The van der Waals surface area contributed by atoms with E-state index in [0.29, 0.717) is 19.5 Å². The van der Waals surface area contributed by atoms with Crippen molar-refractivity contribution >= 4 is 5.91 Å². The highest BCUT2D eigenvalue weighted by Crippen LogP contribution is 2.32. The lowest BCUT2D eigenvalue weighted by Gasteiger charge is -2.21. The number of amides is 1. The predicted octanol–water partition coefficient (Wildman–Crippen LogP) is 1.76. The van der Waals surface area contributed by atoms with Gasteiger partial charge in [0.2, 0.25) is 12.7 Å². The zero-order valence-electron chi connectivity index (χ0n) is 12.1. The molecule has 0 saturated heterocycles. The Hall–Kier alpha value is -1.75. The Morgan fingerprint density at radius 2 is 2.10 bits per heavy atom.